The van der Waals surface area contributed by atoms with Crippen molar-refractivity contribution >= 4 is 17.7 Å². The Bertz CT molecular complexity index is 978. The fourth-order valence-electron chi connectivity index (χ4n) is 3.26. The number of carbonyl (C=O) groups excluding carboxylic acids is 2. The third kappa shape index (κ3) is 3.19. The Hall–Kier alpha value is -3.49. The molecule has 3 aromatic rings. The van der Waals surface area contributed by atoms with Crippen LogP contribution in [0.3, 0.4) is 0 Å². The minimum atomic E-state index is -0.486. The van der Waals surface area contributed by atoms with Gasteiger partial charge in [0.15, 0.2) is 0 Å². The van der Waals surface area contributed by atoms with Crippen LogP contribution >= 0.6 is 0 Å². The van der Waals surface area contributed by atoms with Gasteiger partial charge in [-0.3, -0.25) is 14.9 Å². The van der Waals surface area contributed by atoms with Crippen molar-refractivity contribution in [2.45, 2.75) is 25.8 Å². The van der Waals surface area contributed by atoms with Crippen LogP contribution in [0.15, 0.2) is 36.9 Å². The molecule has 1 aliphatic heterocycles. The molecular formula is C18H18N6O3. The van der Waals surface area contributed by atoms with Crippen molar-refractivity contribution in [1.29, 1.82) is 0 Å². The highest BCUT2D eigenvalue weighted by molar-refractivity contribution is 5.95. The molecule has 0 bridgehead atoms. The summed E-state index contributed by atoms with van der Waals surface area (Å²) in [5.74, 6) is -0.331. The van der Waals surface area contributed by atoms with Gasteiger partial charge in [0.05, 0.1) is 25.5 Å². The summed E-state index contributed by atoms with van der Waals surface area (Å²) in [5.41, 5.74) is 2.70. The van der Waals surface area contributed by atoms with Crippen LogP contribution < -0.4 is 5.32 Å². The van der Waals surface area contributed by atoms with Gasteiger partial charge in [-0.25, -0.2) is 9.48 Å². The molecule has 0 aliphatic carbocycles. The van der Waals surface area contributed by atoms with Crippen molar-refractivity contribution in [1.82, 2.24) is 25.0 Å². The lowest BCUT2D eigenvalue weighted by Crippen LogP contribution is -2.26. The molecule has 2 N–H and O–H groups in total. The highest BCUT2D eigenvalue weighted by Gasteiger charge is 2.33. The first kappa shape index (κ1) is 17.0. The molecule has 0 saturated heterocycles. The maximum Gasteiger partial charge on any atom is 0.356 e. The van der Waals surface area contributed by atoms with Gasteiger partial charge in [-0.15, -0.1) is 0 Å². The second-order valence-electron chi connectivity index (χ2n) is 6.19. The molecule has 4 rings (SSSR count). The molecular weight excluding hydrogens is 348 g/mol. The van der Waals surface area contributed by atoms with Crippen LogP contribution in [0.5, 0.6) is 0 Å². The van der Waals surface area contributed by atoms with Gasteiger partial charge in [0.2, 0.25) is 5.91 Å². The van der Waals surface area contributed by atoms with Gasteiger partial charge in [0, 0.05) is 35.9 Å². The number of hydrogen-bond acceptors (Lipinski definition) is 6. The average Bonchev–Trinajstić information content (AvgIpc) is 3.30. The SMILES string of the molecule is CCOC(=O)c1[nH]ncc1C1CC(=O)Nc2c1cnn2Cc1cccnc1. The van der Waals surface area contributed by atoms with Gasteiger partial charge in [-0.05, 0) is 18.6 Å². The topological polar surface area (TPSA) is 115 Å². The number of ether oxygens (including phenoxy) is 1. The zero-order valence-corrected chi connectivity index (χ0v) is 14.7. The Morgan fingerprint density at radius 3 is 3.00 bits per heavy atom. The molecule has 9 nitrogen and oxygen atoms in total. The predicted molar refractivity (Wildman–Crippen MR) is 95.2 cm³/mol. The first-order chi connectivity index (χ1) is 13.2. The smallest absolute Gasteiger partial charge is 0.356 e. The minimum Gasteiger partial charge on any atom is -0.461 e. The lowest BCUT2D eigenvalue weighted by atomic mass is 9.87. The number of esters is 1. The Morgan fingerprint density at radius 2 is 2.22 bits per heavy atom. The van der Waals surface area contributed by atoms with Crippen molar-refractivity contribution in [3.05, 3.63) is 59.3 Å². The second-order valence-corrected chi connectivity index (χ2v) is 6.19. The molecule has 0 fully saturated rings. The molecule has 27 heavy (non-hydrogen) atoms. The standard InChI is InChI=1S/C18H18N6O3/c1-2-27-18(26)16-13(8-20-23-16)12-6-15(25)22-17-14(12)9-21-24(17)10-11-4-3-5-19-7-11/h3-5,7-9,12H,2,6,10H2,1H3,(H,20,23)(H,22,25). The normalized spacial score (nSPS) is 15.9. The van der Waals surface area contributed by atoms with Crippen molar-refractivity contribution in [3.63, 3.8) is 0 Å². The van der Waals surface area contributed by atoms with E-state index in [2.05, 4.69) is 25.6 Å². The second kappa shape index (κ2) is 7.02. The highest BCUT2D eigenvalue weighted by Crippen LogP contribution is 2.38. The number of rotatable bonds is 5. The molecule has 3 aromatic heterocycles. The predicted octanol–water partition coefficient (Wildman–Crippen LogP) is 1.70. The monoisotopic (exact) mass is 366 g/mol. The first-order valence-electron chi connectivity index (χ1n) is 8.62. The summed E-state index contributed by atoms with van der Waals surface area (Å²) in [6, 6.07) is 3.79. The summed E-state index contributed by atoms with van der Waals surface area (Å²) < 4.78 is 6.80. The van der Waals surface area contributed by atoms with Crippen LogP contribution in [-0.4, -0.2) is 43.4 Å². The summed E-state index contributed by atoms with van der Waals surface area (Å²) in [6.07, 6.45) is 6.95. The van der Waals surface area contributed by atoms with Gasteiger partial charge >= 0.3 is 5.97 Å². The number of carbonyl (C=O) groups is 2. The number of nitrogens with one attached hydrogen (secondary N) is 2. The van der Waals surface area contributed by atoms with E-state index in [4.69, 9.17) is 4.74 Å². The minimum absolute atomic E-state index is 0.142. The molecule has 1 atom stereocenters. The van der Waals surface area contributed by atoms with Crippen molar-refractivity contribution in [2.24, 2.45) is 0 Å². The summed E-state index contributed by atoms with van der Waals surface area (Å²) >= 11 is 0. The van der Waals surface area contributed by atoms with E-state index in [1.54, 1.807) is 36.4 Å². The van der Waals surface area contributed by atoms with Crippen LogP contribution in [-0.2, 0) is 16.1 Å². The number of pyridine rings is 1. The maximum atomic E-state index is 12.3. The Kier molecular flexibility index (Phi) is 4.41. The molecule has 0 aromatic carbocycles. The number of aromatic nitrogens is 5. The molecule has 0 saturated carbocycles. The number of anilines is 1. The van der Waals surface area contributed by atoms with Gasteiger partial charge < -0.3 is 10.1 Å². The van der Waals surface area contributed by atoms with Gasteiger partial charge in [0.1, 0.15) is 11.5 Å². The Labute approximate surface area is 154 Å². The van der Waals surface area contributed by atoms with Crippen LogP contribution in [0.25, 0.3) is 0 Å². The van der Waals surface area contributed by atoms with E-state index >= 15 is 0 Å². The van der Waals surface area contributed by atoms with E-state index in [1.165, 1.54) is 0 Å². The zero-order valence-electron chi connectivity index (χ0n) is 14.7. The summed E-state index contributed by atoms with van der Waals surface area (Å²) in [4.78, 5) is 28.6. The van der Waals surface area contributed by atoms with Crippen molar-refractivity contribution in [3.8, 4) is 0 Å². The van der Waals surface area contributed by atoms with E-state index in [1.807, 2.05) is 12.1 Å². The number of nitrogens with zero attached hydrogens (tertiary/aromatic N) is 4. The lowest BCUT2D eigenvalue weighted by molar-refractivity contribution is -0.116. The summed E-state index contributed by atoms with van der Waals surface area (Å²) in [5, 5.41) is 14.0. The Balaban J connectivity index is 1.70. The molecule has 9 heteroatoms. The van der Waals surface area contributed by atoms with Gasteiger partial charge in [0.25, 0.3) is 0 Å². The highest BCUT2D eigenvalue weighted by atomic mass is 16.5. The first-order valence-corrected chi connectivity index (χ1v) is 8.62. The van der Waals surface area contributed by atoms with Crippen LogP contribution in [0.1, 0.15) is 46.4 Å². The Morgan fingerprint density at radius 1 is 1.33 bits per heavy atom. The van der Waals surface area contributed by atoms with Crippen LogP contribution in [0.2, 0.25) is 0 Å². The molecule has 0 radical (unpaired) electrons. The van der Waals surface area contributed by atoms with Crippen molar-refractivity contribution in [2.75, 3.05) is 11.9 Å². The average molecular weight is 366 g/mol. The number of aromatic amines is 1. The van der Waals surface area contributed by atoms with E-state index in [0.29, 0.717) is 17.9 Å². The number of hydrogen-bond donors (Lipinski definition) is 2. The third-order valence-electron chi connectivity index (χ3n) is 4.47. The summed E-state index contributed by atoms with van der Waals surface area (Å²) in [6.45, 7) is 2.48. The molecule has 4 heterocycles. The van der Waals surface area contributed by atoms with E-state index in [9.17, 15) is 9.59 Å². The maximum absolute atomic E-state index is 12.3. The molecule has 0 spiro atoms. The largest absolute Gasteiger partial charge is 0.461 e. The lowest BCUT2D eigenvalue weighted by Gasteiger charge is -2.23. The van der Waals surface area contributed by atoms with Crippen LogP contribution in [0, 0.1) is 0 Å². The van der Waals surface area contributed by atoms with E-state index < -0.39 is 5.97 Å². The molecule has 1 aliphatic rings. The fraction of sp³-hybridized carbons (Fsp3) is 0.278. The molecule has 138 valence electrons. The quantitative estimate of drug-likeness (QED) is 0.664. The van der Waals surface area contributed by atoms with Crippen molar-refractivity contribution < 1.29 is 14.3 Å². The van der Waals surface area contributed by atoms with E-state index in [0.717, 1.165) is 11.1 Å². The zero-order chi connectivity index (χ0) is 18.8. The molecule has 1 amide bonds. The van der Waals surface area contributed by atoms with Crippen LogP contribution in [0.4, 0.5) is 5.82 Å². The molecule has 1 unspecified atom stereocenters. The van der Waals surface area contributed by atoms with Gasteiger partial charge in [-0.1, -0.05) is 6.07 Å². The van der Waals surface area contributed by atoms with Gasteiger partial charge in [-0.2, -0.15) is 10.2 Å². The number of amides is 1. The summed E-state index contributed by atoms with van der Waals surface area (Å²) in [7, 11) is 0. The third-order valence-corrected chi connectivity index (χ3v) is 4.47. The van der Waals surface area contributed by atoms with E-state index in [-0.39, 0.29) is 30.5 Å². The number of H-pyrrole nitrogens is 1. The fourth-order valence-corrected chi connectivity index (χ4v) is 3.26. The number of fused-ring (bicyclic) bond motifs is 1.